The molecule has 13 nitrogen and oxygen atoms in total. The summed E-state index contributed by atoms with van der Waals surface area (Å²) in [5, 5.41) is 10.4. The molecule has 1 aliphatic heterocycles. The van der Waals surface area contributed by atoms with Crippen LogP contribution >= 0.6 is 0 Å². The van der Waals surface area contributed by atoms with Crippen LogP contribution in [0.1, 0.15) is 24.2 Å². The molecule has 50 heavy (non-hydrogen) atoms. The number of fused-ring (bicyclic) bond motifs is 1. The molecule has 1 amide bonds. The van der Waals surface area contributed by atoms with Gasteiger partial charge >= 0.3 is 6.09 Å². The lowest BCUT2D eigenvalue weighted by molar-refractivity contribution is 0.0786. The van der Waals surface area contributed by atoms with Crippen molar-refractivity contribution in [3.05, 3.63) is 71.8 Å². The summed E-state index contributed by atoms with van der Waals surface area (Å²) >= 11 is 0. The van der Waals surface area contributed by atoms with E-state index in [0.29, 0.717) is 37.1 Å². The van der Waals surface area contributed by atoms with Gasteiger partial charge in [0.25, 0.3) is 5.91 Å². The largest absolute Gasteiger partial charge is 0.445 e. The average molecular weight is 715 g/mol. The average Bonchev–Trinajstić information content (AvgIpc) is 3.44. The zero-order chi connectivity index (χ0) is 36.0. The minimum absolute atomic E-state index is 0.0642. The van der Waals surface area contributed by atoms with Crippen molar-refractivity contribution in [2.45, 2.75) is 29.7 Å². The quantitative estimate of drug-likeness (QED) is 0.187. The summed E-state index contributed by atoms with van der Waals surface area (Å²) in [6.45, 7) is 7.95. The Morgan fingerprint density at radius 2 is 1.68 bits per heavy atom. The van der Waals surface area contributed by atoms with Crippen molar-refractivity contribution in [1.29, 1.82) is 0 Å². The van der Waals surface area contributed by atoms with E-state index in [9.17, 15) is 26.8 Å². The molecule has 268 valence electrons. The minimum Gasteiger partial charge on any atom is -0.445 e. The number of anilines is 3. The highest BCUT2D eigenvalue weighted by Gasteiger charge is 2.26. The molecule has 0 aliphatic carbocycles. The first-order valence-corrected chi connectivity index (χ1v) is 17.5. The second-order valence-electron chi connectivity index (χ2n) is 11.8. The SMILES string of the molecule is CCOCCOC(=O)n1nc(NC(=O)c2ccc(N3CCN(C)CC3)cc2N[C@H](C)COC)c2cc(S(=O)(=O)c3cc(F)cc(F)c3)ccc21. The minimum atomic E-state index is -4.44. The van der Waals surface area contributed by atoms with Crippen molar-refractivity contribution in [2.24, 2.45) is 0 Å². The van der Waals surface area contributed by atoms with Crippen LogP contribution in [0.15, 0.2) is 64.4 Å². The lowest BCUT2D eigenvalue weighted by atomic mass is 10.1. The number of rotatable bonds is 13. The topological polar surface area (TPSA) is 144 Å². The van der Waals surface area contributed by atoms with Crippen LogP contribution in [-0.4, -0.2) is 108 Å². The van der Waals surface area contributed by atoms with Gasteiger partial charge in [0.15, 0.2) is 5.82 Å². The highest BCUT2D eigenvalue weighted by atomic mass is 32.2. The number of nitrogens with one attached hydrogen (secondary N) is 2. The number of carbonyl (C=O) groups excluding carboxylic acids is 2. The molecule has 1 saturated heterocycles. The number of amides is 1. The summed E-state index contributed by atoms with van der Waals surface area (Å²) in [6, 6.07) is 10.9. The van der Waals surface area contributed by atoms with Crippen LogP contribution < -0.4 is 15.5 Å². The molecule has 2 N–H and O–H groups in total. The maximum Gasteiger partial charge on any atom is 0.435 e. The van der Waals surface area contributed by atoms with Gasteiger partial charge in [0.1, 0.15) is 18.2 Å². The monoisotopic (exact) mass is 714 g/mol. The summed E-state index contributed by atoms with van der Waals surface area (Å²) in [4.78, 5) is 30.6. The first-order valence-electron chi connectivity index (χ1n) is 16.0. The van der Waals surface area contributed by atoms with Crippen molar-refractivity contribution in [3.8, 4) is 0 Å². The molecule has 3 aromatic carbocycles. The van der Waals surface area contributed by atoms with Crippen LogP contribution in [0, 0.1) is 11.6 Å². The lowest BCUT2D eigenvalue weighted by Gasteiger charge is -2.34. The maximum atomic E-state index is 14.0. The second kappa shape index (κ2) is 15.9. The molecule has 16 heteroatoms. The summed E-state index contributed by atoms with van der Waals surface area (Å²) in [7, 11) is -0.798. The Bertz CT molecular complexity index is 1940. The van der Waals surface area contributed by atoms with E-state index in [1.807, 2.05) is 19.1 Å². The highest BCUT2D eigenvalue weighted by molar-refractivity contribution is 7.91. The Labute approximate surface area is 289 Å². The van der Waals surface area contributed by atoms with Crippen LogP contribution in [0.25, 0.3) is 10.9 Å². The number of halogens is 2. The number of carbonyl (C=O) groups is 2. The van der Waals surface area contributed by atoms with E-state index < -0.39 is 38.4 Å². The predicted octanol–water partition coefficient (Wildman–Crippen LogP) is 4.62. The smallest absolute Gasteiger partial charge is 0.435 e. The number of nitrogens with zero attached hydrogens (tertiary/aromatic N) is 4. The molecule has 1 fully saturated rings. The Hall–Kier alpha value is -4.64. The number of sulfone groups is 1. The van der Waals surface area contributed by atoms with E-state index in [-0.39, 0.29) is 46.4 Å². The van der Waals surface area contributed by atoms with Crippen LogP contribution in [0.4, 0.5) is 30.8 Å². The molecular weight excluding hydrogens is 674 g/mol. The maximum absolute atomic E-state index is 14.0. The molecule has 1 atom stereocenters. The molecule has 0 saturated carbocycles. The fourth-order valence-corrected chi connectivity index (χ4v) is 6.88. The number of aromatic nitrogens is 2. The molecule has 2 heterocycles. The predicted molar refractivity (Wildman–Crippen MR) is 184 cm³/mol. The zero-order valence-electron chi connectivity index (χ0n) is 28.2. The van der Waals surface area contributed by atoms with Crippen molar-refractivity contribution < 1.29 is 41.0 Å². The highest BCUT2D eigenvalue weighted by Crippen LogP contribution is 2.32. The van der Waals surface area contributed by atoms with Crippen LogP contribution in [0.2, 0.25) is 0 Å². The number of likely N-dealkylation sites (N-methyl/N-ethyl adjacent to an activating group) is 1. The first kappa shape index (κ1) is 36.6. The molecule has 0 spiro atoms. The number of hydrogen-bond donors (Lipinski definition) is 2. The Kier molecular flexibility index (Phi) is 11.7. The van der Waals surface area contributed by atoms with E-state index in [4.69, 9.17) is 14.2 Å². The van der Waals surface area contributed by atoms with E-state index in [1.54, 1.807) is 20.1 Å². The lowest BCUT2D eigenvalue weighted by Crippen LogP contribution is -2.44. The van der Waals surface area contributed by atoms with Gasteiger partial charge in [-0.15, -0.1) is 5.10 Å². The van der Waals surface area contributed by atoms with Gasteiger partial charge in [-0.05, 0) is 69.4 Å². The van der Waals surface area contributed by atoms with E-state index in [0.717, 1.165) is 36.5 Å². The van der Waals surface area contributed by atoms with Gasteiger partial charge in [-0.2, -0.15) is 4.68 Å². The second-order valence-corrected chi connectivity index (χ2v) is 13.8. The van der Waals surface area contributed by atoms with Crippen LogP contribution in [0.5, 0.6) is 0 Å². The van der Waals surface area contributed by atoms with E-state index in [2.05, 4.69) is 32.6 Å². The molecule has 1 aliphatic rings. The summed E-state index contributed by atoms with van der Waals surface area (Å²) in [5.74, 6) is -2.88. The number of benzene rings is 3. The molecule has 0 unspecified atom stereocenters. The van der Waals surface area contributed by atoms with Gasteiger partial charge in [0.2, 0.25) is 9.84 Å². The van der Waals surface area contributed by atoms with Gasteiger partial charge in [0, 0.05) is 68.8 Å². The van der Waals surface area contributed by atoms with Crippen molar-refractivity contribution >= 4 is 49.9 Å². The fraction of sp³-hybridized carbons (Fsp3) is 0.382. The first-order chi connectivity index (χ1) is 23.9. The van der Waals surface area contributed by atoms with Crippen molar-refractivity contribution in [1.82, 2.24) is 14.7 Å². The summed E-state index contributed by atoms with van der Waals surface area (Å²) in [5.41, 5.74) is 1.82. The Balaban J connectivity index is 1.54. The molecule has 0 radical (unpaired) electrons. The van der Waals surface area contributed by atoms with Gasteiger partial charge in [-0.1, -0.05) is 0 Å². The molecule has 4 aromatic rings. The van der Waals surface area contributed by atoms with Crippen LogP contribution in [0.3, 0.4) is 0 Å². The number of methoxy groups -OCH3 is 1. The standard InChI is InChI=1S/C34H40F2N6O7S/c1-5-48-14-15-49-34(44)42-31-9-7-26(50(45,46)27-17-23(35)16-24(36)18-27)20-29(31)32(39-42)38-33(43)28-8-6-25(41-12-10-40(3)11-13-41)19-30(28)37-22(2)21-47-4/h6-9,16-20,22,37H,5,10-15,21H2,1-4H3,(H,38,39,43)/t22-/m1/s1. The van der Waals surface area contributed by atoms with Gasteiger partial charge in [-0.25, -0.2) is 22.0 Å². The van der Waals surface area contributed by atoms with Crippen molar-refractivity contribution in [3.63, 3.8) is 0 Å². The van der Waals surface area contributed by atoms with Crippen LogP contribution in [-0.2, 0) is 24.0 Å². The third-order valence-corrected chi connectivity index (χ3v) is 9.84. The summed E-state index contributed by atoms with van der Waals surface area (Å²) in [6.07, 6.45) is -0.898. The van der Waals surface area contributed by atoms with Gasteiger partial charge in [0.05, 0.1) is 34.1 Å². The van der Waals surface area contributed by atoms with E-state index >= 15 is 0 Å². The third-order valence-electron chi connectivity index (χ3n) is 8.10. The molecular formula is C34H40F2N6O7S. The summed E-state index contributed by atoms with van der Waals surface area (Å²) < 4.78 is 71.7. The normalized spacial score (nSPS) is 14.5. The zero-order valence-corrected chi connectivity index (χ0v) is 29.1. The van der Waals surface area contributed by atoms with Crippen molar-refractivity contribution in [2.75, 3.05) is 82.3 Å². The van der Waals surface area contributed by atoms with Gasteiger partial charge in [-0.3, -0.25) is 4.79 Å². The number of hydrogen-bond acceptors (Lipinski definition) is 11. The number of piperazine rings is 1. The molecule has 1 aromatic heterocycles. The Morgan fingerprint density at radius 1 is 0.960 bits per heavy atom. The Morgan fingerprint density at radius 3 is 2.36 bits per heavy atom. The fourth-order valence-electron chi connectivity index (χ4n) is 5.55. The van der Waals surface area contributed by atoms with Gasteiger partial charge < -0.3 is 34.6 Å². The van der Waals surface area contributed by atoms with E-state index in [1.165, 1.54) is 18.2 Å². The molecule has 5 rings (SSSR count). The number of ether oxygens (including phenoxy) is 3. The third kappa shape index (κ3) is 8.38. The molecule has 0 bridgehead atoms.